The Morgan fingerprint density at radius 2 is 1.89 bits per heavy atom. The van der Waals surface area contributed by atoms with Crippen LogP contribution in [0, 0.1) is 4.78 Å². The van der Waals surface area contributed by atoms with Gasteiger partial charge in [0.1, 0.15) is 5.82 Å². The second-order valence-corrected chi connectivity index (χ2v) is 10.1. The maximum Gasteiger partial charge on any atom is 0.416 e. The monoisotopic (exact) mass is 508 g/mol. The van der Waals surface area contributed by atoms with Gasteiger partial charge in [-0.1, -0.05) is 23.3 Å². The van der Waals surface area contributed by atoms with Crippen molar-refractivity contribution in [2.45, 2.75) is 36.3 Å². The summed E-state index contributed by atoms with van der Waals surface area (Å²) in [7, 11) is -0.714. The Labute approximate surface area is 202 Å². The number of anilines is 2. The lowest BCUT2D eigenvalue weighted by atomic mass is 10.1. The summed E-state index contributed by atoms with van der Waals surface area (Å²) in [5.74, 6) is -2.36. The van der Waals surface area contributed by atoms with E-state index < -0.39 is 28.4 Å². The Morgan fingerprint density at radius 3 is 2.60 bits per heavy atom. The lowest BCUT2D eigenvalue weighted by Crippen LogP contribution is -2.28. The second kappa shape index (κ2) is 9.56. The summed E-state index contributed by atoms with van der Waals surface area (Å²) in [4.78, 5) is 7.17. The van der Waals surface area contributed by atoms with Crippen LogP contribution in [0.15, 0.2) is 60.0 Å². The molecule has 2 aromatic carbocycles. The molecule has 1 unspecified atom stereocenters. The predicted molar refractivity (Wildman–Crippen MR) is 131 cm³/mol. The number of nitrogens with zero attached hydrogens (tertiary/aromatic N) is 2. The maximum atomic E-state index is 14.0. The third-order valence-corrected chi connectivity index (χ3v) is 6.91. The Balaban J connectivity index is 1.78. The van der Waals surface area contributed by atoms with Crippen molar-refractivity contribution in [2.24, 2.45) is 0 Å². The molecule has 1 saturated heterocycles. The van der Waals surface area contributed by atoms with E-state index in [0.29, 0.717) is 34.8 Å². The van der Waals surface area contributed by atoms with Crippen LogP contribution in [0.1, 0.15) is 30.4 Å². The van der Waals surface area contributed by atoms with Crippen LogP contribution in [0.2, 0.25) is 0 Å². The highest BCUT2D eigenvalue weighted by Gasteiger charge is 2.33. The van der Waals surface area contributed by atoms with Gasteiger partial charge >= 0.3 is 6.18 Å². The summed E-state index contributed by atoms with van der Waals surface area (Å²) < 4.78 is 75.9. The SMILES string of the molecule is C=C(Nc1cccc(S(C)=N)c1)c1cc2cc(C(F)(F)F)ccc2nc1N1CCCC(F)(F)CC1. The van der Waals surface area contributed by atoms with Gasteiger partial charge in [0, 0.05) is 53.2 Å². The van der Waals surface area contributed by atoms with Crippen LogP contribution in [-0.4, -0.2) is 30.3 Å². The number of halogens is 5. The van der Waals surface area contributed by atoms with Gasteiger partial charge in [0.2, 0.25) is 5.92 Å². The third kappa shape index (κ3) is 5.80. The minimum Gasteiger partial charge on any atom is -0.356 e. The molecule has 1 aliphatic heterocycles. The van der Waals surface area contributed by atoms with E-state index in [1.165, 1.54) is 6.07 Å². The summed E-state index contributed by atoms with van der Waals surface area (Å²) in [5.41, 5.74) is 1.02. The molecule has 0 bridgehead atoms. The minimum atomic E-state index is -4.51. The number of hydrogen-bond donors (Lipinski definition) is 2. The zero-order valence-corrected chi connectivity index (χ0v) is 19.9. The van der Waals surface area contributed by atoms with Gasteiger partial charge in [0.15, 0.2) is 0 Å². The molecule has 1 aliphatic rings. The van der Waals surface area contributed by atoms with Crippen LogP contribution in [0.3, 0.4) is 0 Å². The fourth-order valence-corrected chi connectivity index (χ4v) is 4.67. The van der Waals surface area contributed by atoms with Crippen LogP contribution >= 0.6 is 0 Å². The molecule has 1 aromatic heterocycles. The number of pyridine rings is 1. The van der Waals surface area contributed by atoms with E-state index in [2.05, 4.69) is 16.9 Å². The first-order valence-electron chi connectivity index (χ1n) is 11.0. The van der Waals surface area contributed by atoms with E-state index in [1.54, 1.807) is 29.4 Å². The molecule has 2 N–H and O–H groups in total. The molecule has 35 heavy (non-hydrogen) atoms. The van der Waals surface area contributed by atoms with Crippen molar-refractivity contribution < 1.29 is 22.0 Å². The number of benzene rings is 2. The molecule has 4 nitrogen and oxygen atoms in total. The molecule has 10 heteroatoms. The maximum absolute atomic E-state index is 14.0. The van der Waals surface area contributed by atoms with Crippen molar-refractivity contribution in [2.75, 3.05) is 29.6 Å². The lowest BCUT2D eigenvalue weighted by Gasteiger charge is -2.26. The molecule has 0 saturated carbocycles. The second-order valence-electron chi connectivity index (χ2n) is 8.60. The van der Waals surface area contributed by atoms with Gasteiger partial charge in [-0.25, -0.2) is 13.8 Å². The van der Waals surface area contributed by atoms with Crippen LogP contribution in [0.5, 0.6) is 0 Å². The van der Waals surface area contributed by atoms with E-state index in [9.17, 15) is 22.0 Å². The quantitative estimate of drug-likeness (QED) is 0.355. The molecule has 0 spiro atoms. The minimum absolute atomic E-state index is 0.0688. The molecular formula is C25H25F5N4S. The van der Waals surface area contributed by atoms with Crippen molar-refractivity contribution in [3.05, 3.63) is 66.2 Å². The van der Waals surface area contributed by atoms with Crippen molar-refractivity contribution in [3.63, 3.8) is 0 Å². The number of alkyl halides is 5. The first-order valence-corrected chi connectivity index (χ1v) is 12.6. The Morgan fingerprint density at radius 1 is 1.11 bits per heavy atom. The Hall–Kier alpha value is -3.01. The lowest BCUT2D eigenvalue weighted by molar-refractivity contribution is -0.137. The fourth-order valence-electron chi connectivity index (χ4n) is 4.09. The summed E-state index contributed by atoms with van der Waals surface area (Å²) in [6.07, 6.45) is -3.02. The smallest absolute Gasteiger partial charge is 0.356 e. The van der Waals surface area contributed by atoms with Crippen molar-refractivity contribution in [1.29, 1.82) is 4.78 Å². The zero-order chi connectivity index (χ0) is 25.4. The molecule has 0 amide bonds. The van der Waals surface area contributed by atoms with Crippen LogP contribution < -0.4 is 10.2 Å². The van der Waals surface area contributed by atoms with Gasteiger partial charge in [-0.05, 0) is 55.1 Å². The molecule has 3 aromatic rings. The summed E-state index contributed by atoms with van der Waals surface area (Å²) in [5, 5.41) is 3.44. The van der Waals surface area contributed by atoms with Gasteiger partial charge in [0.25, 0.3) is 0 Å². The van der Waals surface area contributed by atoms with E-state index in [1.807, 2.05) is 12.1 Å². The molecule has 0 aliphatic carbocycles. The average Bonchev–Trinajstić information content (AvgIpc) is 2.97. The first kappa shape index (κ1) is 25.1. The van der Waals surface area contributed by atoms with E-state index in [4.69, 9.17) is 4.78 Å². The number of aromatic nitrogens is 1. The van der Waals surface area contributed by atoms with Gasteiger partial charge < -0.3 is 10.2 Å². The average molecular weight is 509 g/mol. The van der Waals surface area contributed by atoms with Crippen molar-refractivity contribution >= 4 is 38.8 Å². The molecule has 2 heterocycles. The van der Waals surface area contributed by atoms with Crippen LogP contribution in [0.4, 0.5) is 33.5 Å². The molecule has 4 rings (SSSR count). The highest BCUT2D eigenvalue weighted by Crippen LogP contribution is 2.36. The summed E-state index contributed by atoms with van der Waals surface area (Å²) in [6, 6.07) is 12.1. The highest BCUT2D eigenvalue weighted by atomic mass is 32.2. The van der Waals surface area contributed by atoms with E-state index in [-0.39, 0.29) is 31.2 Å². The number of rotatable bonds is 5. The standard InChI is InChI=1S/C25H25F5N4S/c1-16(32-19-5-3-6-20(15-19)35(2)31)21-14-17-13-18(25(28,29)30)7-8-22(17)33-23(21)34-11-4-9-24(26,27)10-12-34/h3,5-8,13-15,31-32H,1,4,9-12H2,2H3. The number of nitrogens with one attached hydrogen (secondary N) is 2. The fraction of sp³-hybridized carbons (Fsp3) is 0.320. The summed E-state index contributed by atoms with van der Waals surface area (Å²) in [6.45, 7) is 4.51. The van der Waals surface area contributed by atoms with Gasteiger partial charge in [-0.3, -0.25) is 4.78 Å². The van der Waals surface area contributed by atoms with Gasteiger partial charge in [-0.15, -0.1) is 0 Å². The molecule has 1 atom stereocenters. The van der Waals surface area contributed by atoms with E-state index in [0.717, 1.165) is 17.0 Å². The molecule has 0 radical (unpaired) electrons. The predicted octanol–water partition coefficient (Wildman–Crippen LogP) is 7.33. The number of fused-ring (bicyclic) bond motifs is 1. The highest BCUT2D eigenvalue weighted by molar-refractivity contribution is 7.85. The number of hydrogen-bond acceptors (Lipinski definition) is 4. The van der Waals surface area contributed by atoms with Crippen molar-refractivity contribution in [3.8, 4) is 0 Å². The van der Waals surface area contributed by atoms with Gasteiger partial charge in [-0.2, -0.15) is 13.2 Å². The van der Waals surface area contributed by atoms with Crippen molar-refractivity contribution in [1.82, 2.24) is 4.98 Å². The van der Waals surface area contributed by atoms with Gasteiger partial charge in [0.05, 0.1) is 11.1 Å². The first-order chi connectivity index (χ1) is 16.4. The zero-order valence-electron chi connectivity index (χ0n) is 19.1. The molecular weight excluding hydrogens is 483 g/mol. The molecule has 1 fully saturated rings. The van der Waals surface area contributed by atoms with Crippen LogP contribution in [-0.2, 0) is 16.9 Å². The third-order valence-electron chi connectivity index (χ3n) is 5.95. The van der Waals surface area contributed by atoms with Crippen LogP contribution in [0.25, 0.3) is 16.6 Å². The summed E-state index contributed by atoms with van der Waals surface area (Å²) >= 11 is 0. The normalized spacial score (nSPS) is 17.1. The Bertz CT molecular complexity index is 1290. The Kier molecular flexibility index (Phi) is 6.86. The molecule has 186 valence electrons. The largest absolute Gasteiger partial charge is 0.416 e. The van der Waals surface area contributed by atoms with E-state index >= 15 is 0 Å². The topological polar surface area (TPSA) is 52.0 Å².